The van der Waals surface area contributed by atoms with E-state index >= 15 is 0 Å². The van der Waals surface area contributed by atoms with Crippen LogP contribution in [0.3, 0.4) is 0 Å². The number of hydrogen-bond acceptors (Lipinski definition) is 4. The number of ether oxygens (including phenoxy) is 1. The van der Waals surface area contributed by atoms with Crippen molar-refractivity contribution in [3.8, 4) is 5.75 Å². The Balaban J connectivity index is 1.71. The van der Waals surface area contributed by atoms with Crippen LogP contribution in [-0.4, -0.2) is 29.4 Å². The molecule has 4 rings (SSSR count). The highest BCUT2D eigenvalue weighted by Crippen LogP contribution is 2.31. The van der Waals surface area contributed by atoms with Gasteiger partial charge in [-0.2, -0.15) is 0 Å². The lowest BCUT2D eigenvalue weighted by molar-refractivity contribution is -0.128. The van der Waals surface area contributed by atoms with E-state index in [1.165, 1.54) is 29.3 Å². The second kappa shape index (κ2) is 11.6. The molecule has 0 radical (unpaired) electrons. The van der Waals surface area contributed by atoms with Gasteiger partial charge in [-0.3, -0.25) is 19.5 Å². The number of hydrogen-bond donors (Lipinski definition) is 1. The van der Waals surface area contributed by atoms with Crippen molar-refractivity contribution in [3.63, 3.8) is 0 Å². The second-order valence-corrected chi connectivity index (χ2v) is 8.82. The first kappa shape index (κ1) is 24.4. The van der Waals surface area contributed by atoms with Gasteiger partial charge in [-0.1, -0.05) is 49.6 Å². The zero-order valence-corrected chi connectivity index (χ0v) is 19.8. The molecular weight excluding hydrogens is 445 g/mol. The molecule has 182 valence electrons. The second-order valence-electron chi connectivity index (χ2n) is 8.82. The normalized spacial score (nSPS) is 14.7. The number of carbonyl (C=O) groups excluding carboxylic acids is 2. The average molecular weight is 476 g/mol. The Morgan fingerprint density at radius 3 is 2.60 bits per heavy atom. The van der Waals surface area contributed by atoms with E-state index in [1.807, 2.05) is 31.2 Å². The Bertz CT molecular complexity index is 1150. The van der Waals surface area contributed by atoms with Crippen LogP contribution >= 0.6 is 0 Å². The number of pyridine rings is 1. The van der Waals surface area contributed by atoms with Crippen LogP contribution in [0.2, 0.25) is 0 Å². The third-order valence-corrected chi connectivity index (χ3v) is 6.29. The molecule has 6 nitrogen and oxygen atoms in total. The zero-order chi connectivity index (χ0) is 24.6. The standard InChI is InChI=1S/C28H30FN3O3/c1-20-9-5-6-15-25(20)27(28(34)31-22-11-3-2-4-12-22)32(23-13-7-10-21(29)17-23)26(33)19-35-24-14-8-16-30-18-24/h5-10,13-18,22,27H,2-4,11-12,19H2,1H3,(H,31,34). The molecule has 0 saturated heterocycles. The van der Waals surface area contributed by atoms with Crippen molar-refractivity contribution in [2.24, 2.45) is 0 Å². The first-order chi connectivity index (χ1) is 17.0. The summed E-state index contributed by atoms with van der Waals surface area (Å²) in [4.78, 5) is 32.8. The number of nitrogens with zero attached hydrogens (tertiary/aromatic N) is 2. The Hall–Kier alpha value is -3.74. The maximum atomic E-state index is 14.3. The van der Waals surface area contributed by atoms with Crippen LogP contribution in [-0.2, 0) is 9.59 Å². The lowest BCUT2D eigenvalue weighted by Crippen LogP contribution is -2.48. The fourth-order valence-electron chi connectivity index (χ4n) is 4.53. The molecule has 1 saturated carbocycles. The van der Waals surface area contributed by atoms with Crippen LogP contribution in [0.5, 0.6) is 5.75 Å². The number of aryl methyl sites for hydroxylation is 1. The minimum atomic E-state index is -0.982. The monoisotopic (exact) mass is 475 g/mol. The van der Waals surface area contributed by atoms with E-state index in [1.54, 1.807) is 24.4 Å². The molecule has 3 aromatic rings. The van der Waals surface area contributed by atoms with Crippen molar-refractivity contribution in [2.45, 2.75) is 51.1 Å². The molecule has 0 bridgehead atoms. The largest absolute Gasteiger partial charge is 0.482 e. The molecule has 1 aliphatic carbocycles. The van der Waals surface area contributed by atoms with Crippen molar-refractivity contribution in [3.05, 3.63) is 90.0 Å². The van der Waals surface area contributed by atoms with Crippen LogP contribution < -0.4 is 15.0 Å². The van der Waals surface area contributed by atoms with Crippen LogP contribution in [0.4, 0.5) is 10.1 Å². The summed E-state index contributed by atoms with van der Waals surface area (Å²) in [6.07, 6.45) is 8.21. The molecule has 1 fully saturated rings. The summed E-state index contributed by atoms with van der Waals surface area (Å²) in [6, 6.07) is 15.7. The molecule has 0 aliphatic heterocycles. The van der Waals surface area contributed by atoms with Gasteiger partial charge in [0.15, 0.2) is 6.61 Å². The van der Waals surface area contributed by atoms with E-state index in [0.29, 0.717) is 11.3 Å². The van der Waals surface area contributed by atoms with Crippen molar-refractivity contribution in [2.75, 3.05) is 11.5 Å². The summed E-state index contributed by atoms with van der Waals surface area (Å²) in [6.45, 7) is 1.57. The Labute approximate surface area is 205 Å². The smallest absolute Gasteiger partial charge is 0.265 e. The lowest BCUT2D eigenvalue weighted by Gasteiger charge is -2.34. The molecule has 2 amide bonds. The van der Waals surface area contributed by atoms with Gasteiger partial charge in [0, 0.05) is 17.9 Å². The number of carbonyl (C=O) groups is 2. The first-order valence-corrected chi connectivity index (χ1v) is 12.0. The van der Waals surface area contributed by atoms with Gasteiger partial charge in [-0.05, 0) is 61.2 Å². The van der Waals surface area contributed by atoms with E-state index in [4.69, 9.17) is 4.74 Å². The fourth-order valence-corrected chi connectivity index (χ4v) is 4.53. The van der Waals surface area contributed by atoms with Crippen LogP contribution in [0.25, 0.3) is 0 Å². The van der Waals surface area contributed by atoms with Crippen molar-refractivity contribution in [1.29, 1.82) is 0 Å². The number of halogens is 1. The molecule has 1 unspecified atom stereocenters. The van der Waals surface area contributed by atoms with E-state index in [-0.39, 0.29) is 24.2 Å². The van der Waals surface area contributed by atoms with Crippen LogP contribution in [0, 0.1) is 12.7 Å². The predicted octanol–water partition coefficient (Wildman–Crippen LogP) is 5.13. The van der Waals surface area contributed by atoms with Crippen molar-refractivity contribution in [1.82, 2.24) is 10.3 Å². The molecule has 7 heteroatoms. The van der Waals surface area contributed by atoms with Gasteiger partial charge in [0.05, 0.1) is 6.20 Å². The molecule has 0 spiro atoms. The van der Waals surface area contributed by atoms with E-state index in [2.05, 4.69) is 10.3 Å². The fraction of sp³-hybridized carbons (Fsp3) is 0.321. The quantitative estimate of drug-likeness (QED) is 0.490. The van der Waals surface area contributed by atoms with Gasteiger partial charge in [0.25, 0.3) is 5.91 Å². The number of anilines is 1. The Morgan fingerprint density at radius 2 is 1.89 bits per heavy atom. The number of rotatable bonds is 8. The topological polar surface area (TPSA) is 71.5 Å². The molecule has 1 heterocycles. The number of aromatic nitrogens is 1. The summed E-state index contributed by atoms with van der Waals surface area (Å²) in [5.74, 6) is -0.819. The Kier molecular flexibility index (Phi) is 8.08. The predicted molar refractivity (Wildman–Crippen MR) is 133 cm³/mol. The number of nitrogens with one attached hydrogen (secondary N) is 1. The van der Waals surface area contributed by atoms with Gasteiger partial charge in [-0.15, -0.1) is 0 Å². The molecule has 1 N–H and O–H groups in total. The zero-order valence-electron chi connectivity index (χ0n) is 19.8. The number of amides is 2. The molecule has 35 heavy (non-hydrogen) atoms. The van der Waals surface area contributed by atoms with Gasteiger partial charge in [0.1, 0.15) is 17.6 Å². The lowest BCUT2D eigenvalue weighted by atomic mass is 9.93. The maximum Gasteiger partial charge on any atom is 0.265 e. The Morgan fingerprint density at radius 1 is 1.09 bits per heavy atom. The molecular formula is C28H30FN3O3. The highest BCUT2D eigenvalue weighted by atomic mass is 19.1. The van der Waals surface area contributed by atoms with Gasteiger partial charge in [-0.25, -0.2) is 4.39 Å². The van der Waals surface area contributed by atoms with Crippen molar-refractivity contribution >= 4 is 17.5 Å². The summed E-state index contributed by atoms with van der Waals surface area (Å²) in [5, 5.41) is 3.16. The van der Waals surface area contributed by atoms with E-state index in [9.17, 15) is 14.0 Å². The minimum absolute atomic E-state index is 0.0545. The SMILES string of the molecule is Cc1ccccc1C(C(=O)NC1CCCCC1)N(C(=O)COc1cccnc1)c1cccc(F)c1. The van der Waals surface area contributed by atoms with E-state index in [0.717, 1.165) is 37.7 Å². The van der Waals surface area contributed by atoms with Gasteiger partial charge < -0.3 is 10.1 Å². The molecule has 1 aromatic heterocycles. The molecule has 1 aliphatic rings. The van der Waals surface area contributed by atoms with Gasteiger partial charge >= 0.3 is 0 Å². The minimum Gasteiger partial charge on any atom is -0.482 e. The highest BCUT2D eigenvalue weighted by Gasteiger charge is 2.35. The highest BCUT2D eigenvalue weighted by molar-refractivity contribution is 6.02. The summed E-state index contributed by atoms with van der Waals surface area (Å²) in [7, 11) is 0. The average Bonchev–Trinajstić information content (AvgIpc) is 2.87. The molecule has 2 aromatic carbocycles. The first-order valence-electron chi connectivity index (χ1n) is 12.0. The van der Waals surface area contributed by atoms with Crippen molar-refractivity contribution < 1.29 is 18.7 Å². The maximum absolute atomic E-state index is 14.3. The molecule has 1 atom stereocenters. The van der Waals surface area contributed by atoms with Crippen LogP contribution in [0.1, 0.15) is 49.3 Å². The summed E-state index contributed by atoms with van der Waals surface area (Å²) in [5.41, 5.74) is 1.83. The van der Waals surface area contributed by atoms with Crippen LogP contribution in [0.15, 0.2) is 73.1 Å². The number of benzene rings is 2. The third kappa shape index (κ3) is 6.23. The van der Waals surface area contributed by atoms with Gasteiger partial charge in [0.2, 0.25) is 5.91 Å². The summed E-state index contributed by atoms with van der Waals surface area (Å²) >= 11 is 0. The van der Waals surface area contributed by atoms with E-state index < -0.39 is 17.8 Å². The third-order valence-electron chi connectivity index (χ3n) is 6.29. The summed E-state index contributed by atoms with van der Waals surface area (Å²) < 4.78 is 19.9.